The number of aliphatic carboxylic acids is 1. The molecule has 0 heterocycles. The first-order valence-electron chi connectivity index (χ1n) is 6.26. The van der Waals surface area contributed by atoms with E-state index in [1.54, 1.807) is 9.80 Å². The van der Waals surface area contributed by atoms with Gasteiger partial charge in [-0.15, -0.1) is 0 Å². The van der Waals surface area contributed by atoms with Gasteiger partial charge in [-0.05, 0) is 31.6 Å². The zero-order valence-corrected chi connectivity index (χ0v) is 10.3. The SMILES string of the molecule is CN(C(=O)CN(CC(=O)O)CC1CC1)C1CC1. The fraction of sp³-hybridized carbons (Fsp3) is 0.833. The number of likely N-dealkylation sites (N-methyl/N-ethyl adjacent to an activating group) is 1. The molecular formula is C12H20N2O3. The molecule has 5 heteroatoms. The number of carboxylic acids is 1. The lowest BCUT2D eigenvalue weighted by atomic mass is 10.3. The summed E-state index contributed by atoms with van der Waals surface area (Å²) < 4.78 is 0. The van der Waals surface area contributed by atoms with Crippen LogP contribution in [0.5, 0.6) is 0 Å². The minimum Gasteiger partial charge on any atom is -0.480 e. The van der Waals surface area contributed by atoms with Crippen LogP contribution < -0.4 is 0 Å². The third-order valence-corrected chi connectivity index (χ3v) is 3.42. The summed E-state index contributed by atoms with van der Waals surface area (Å²) >= 11 is 0. The Kier molecular flexibility index (Phi) is 3.66. The number of carboxylic acid groups (broad SMARTS) is 1. The summed E-state index contributed by atoms with van der Waals surface area (Å²) in [4.78, 5) is 26.2. The Hall–Kier alpha value is -1.10. The Morgan fingerprint density at radius 2 is 1.82 bits per heavy atom. The highest BCUT2D eigenvalue weighted by molar-refractivity contribution is 5.79. The molecule has 17 heavy (non-hydrogen) atoms. The van der Waals surface area contributed by atoms with Gasteiger partial charge in [0.15, 0.2) is 0 Å². The van der Waals surface area contributed by atoms with Crippen LogP contribution in [-0.4, -0.2) is 59.5 Å². The van der Waals surface area contributed by atoms with Crippen molar-refractivity contribution >= 4 is 11.9 Å². The van der Waals surface area contributed by atoms with Crippen molar-refractivity contribution in [3.63, 3.8) is 0 Å². The summed E-state index contributed by atoms with van der Waals surface area (Å²) in [5.74, 6) is -0.199. The zero-order valence-electron chi connectivity index (χ0n) is 10.3. The molecule has 1 amide bonds. The van der Waals surface area contributed by atoms with E-state index in [2.05, 4.69) is 0 Å². The second-order valence-electron chi connectivity index (χ2n) is 5.24. The number of rotatable bonds is 7. The first kappa shape index (κ1) is 12.4. The molecule has 0 bridgehead atoms. The van der Waals surface area contributed by atoms with Gasteiger partial charge >= 0.3 is 5.97 Å². The summed E-state index contributed by atoms with van der Waals surface area (Å²) in [6.45, 7) is 0.965. The fourth-order valence-corrected chi connectivity index (χ4v) is 2.01. The maximum absolute atomic E-state index is 11.9. The highest BCUT2D eigenvalue weighted by atomic mass is 16.4. The van der Waals surface area contributed by atoms with E-state index in [1.165, 1.54) is 12.8 Å². The van der Waals surface area contributed by atoms with Crippen LogP contribution in [0.3, 0.4) is 0 Å². The Bertz CT molecular complexity index is 311. The van der Waals surface area contributed by atoms with E-state index < -0.39 is 5.97 Å². The first-order valence-corrected chi connectivity index (χ1v) is 6.26. The molecule has 0 aromatic rings. The van der Waals surface area contributed by atoms with Crippen molar-refractivity contribution in [2.45, 2.75) is 31.7 Å². The second kappa shape index (κ2) is 5.04. The minimum atomic E-state index is -0.854. The van der Waals surface area contributed by atoms with Crippen LogP contribution in [0.4, 0.5) is 0 Å². The van der Waals surface area contributed by atoms with Crippen molar-refractivity contribution in [2.75, 3.05) is 26.7 Å². The number of hydrogen-bond acceptors (Lipinski definition) is 3. The summed E-state index contributed by atoms with van der Waals surface area (Å²) in [6, 6.07) is 0.398. The molecule has 0 unspecified atom stereocenters. The molecule has 1 N–H and O–H groups in total. The summed E-state index contributed by atoms with van der Waals surface area (Å²) in [5, 5.41) is 8.82. The normalized spacial score (nSPS) is 19.4. The summed E-state index contributed by atoms with van der Waals surface area (Å²) in [6.07, 6.45) is 4.51. The molecule has 5 nitrogen and oxygen atoms in total. The lowest BCUT2D eigenvalue weighted by Crippen LogP contribution is -2.42. The van der Waals surface area contributed by atoms with Crippen molar-refractivity contribution < 1.29 is 14.7 Å². The van der Waals surface area contributed by atoms with Crippen LogP contribution in [0, 0.1) is 5.92 Å². The topological polar surface area (TPSA) is 60.9 Å². The number of carbonyl (C=O) groups excluding carboxylic acids is 1. The van der Waals surface area contributed by atoms with Crippen molar-refractivity contribution in [3.05, 3.63) is 0 Å². The van der Waals surface area contributed by atoms with E-state index >= 15 is 0 Å². The summed E-state index contributed by atoms with van der Waals surface area (Å²) in [7, 11) is 1.82. The van der Waals surface area contributed by atoms with Crippen molar-refractivity contribution in [1.82, 2.24) is 9.80 Å². The molecular weight excluding hydrogens is 220 g/mol. The van der Waals surface area contributed by atoms with Gasteiger partial charge in [0.2, 0.25) is 5.91 Å². The lowest BCUT2D eigenvalue weighted by molar-refractivity contribution is -0.139. The maximum atomic E-state index is 11.9. The Morgan fingerprint density at radius 3 is 2.29 bits per heavy atom. The Morgan fingerprint density at radius 1 is 1.18 bits per heavy atom. The Balaban J connectivity index is 1.81. The van der Waals surface area contributed by atoms with Gasteiger partial charge in [-0.3, -0.25) is 14.5 Å². The predicted molar refractivity (Wildman–Crippen MR) is 62.6 cm³/mol. The lowest BCUT2D eigenvalue weighted by Gasteiger charge is -2.23. The van der Waals surface area contributed by atoms with Gasteiger partial charge in [0.25, 0.3) is 0 Å². The van der Waals surface area contributed by atoms with Crippen LogP contribution in [0.25, 0.3) is 0 Å². The smallest absolute Gasteiger partial charge is 0.317 e. The molecule has 2 saturated carbocycles. The van der Waals surface area contributed by atoms with Crippen molar-refractivity contribution in [1.29, 1.82) is 0 Å². The molecule has 0 spiro atoms. The maximum Gasteiger partial charge on any atom is 0.317 e. The van der Waals surface area contributed by atoms with Crippen LogP contribution in [0.1, 0.15) is 25.7 Å². The quantitative estimate of drug-likeness (QED) is 0.700. The third-order valence-electron chi connectivity index (χ3n) is 3.42. The highest BCUT2D eigenvalue weighted by Crippen LogP contribution is 2.30. The average molecular weight is 240 g/mol. The molecule has 2 aliphatic rings. The predicted octanol–water partition coefficient (Wildman–Crippen LogP) is 0.404. The van der Waals surface area contributed by atoms with Crippen LogP contribution in [-0.2, 0) is 9.59 Å². The third kappa shape index (κ3) is 4.00. The number of nitrogens with zero attached hydrogens (tertiary/aromatic N) is 2. The molecule has 0 atom stereocenters. The summed E-state index contributed by atoms with van der Waals surface area (Å²) in [5.41, 5.74) is 0. The van der Waals surface area contributed by atoms with Gasteiger partial charge in [0.1, 0.15) is 0 Å². The fourth-order valence-electron chi connectivity index (χ4n) is 2.01. The van der Waals surface area contributed by atoms with Crippen LogP contribution in [0.2, 0.25) is 0 Å². The van der Waals surface area contributed by atoms with Crippen LogP contribution in [0.15, 0.2) is 0 Å². The van der Waals surface area contributed by atoms with Gasteiger partial charge in [-0.1, -0.05) is 0 Å². The minimum absolute atomic E-state index is 0.0270. The Labute approximate surface area is 101 Å². The van der Waals surface area contributed by atoms with Crippen molar-refractivity contribution in [2.24, 2.45) is 5.92 Å². The molecule has 0 aromatic carbocycles. The molecule has 0 saturated heterocycles. The number of hydrogen-bond donors (Lipinski definition) is 1. The number of carbonyl (C=O) groups is 2. The molecule has 2 aliphatic carbocycles. The highest BCUT2D eigenvalue weighted by Gasteiger charge is 2.31. The van der Waals surface area contributed by atoms with E-state index in [-0.39, 0.29) is 19.0 Å². The zero-order chi connectivity index (χ0) is 12.4. The van der Waals surface area contributed by atoms with E-state index in [9.17, 15) is 9.59 Å². The molecule has 2 rings (SSSR count). The van der Waals surface area contributed by atoms with E-state index in [4.69, 9.17) is 5.11 Å². The van der Waals surface area contributed by atoms with Gasteiger partial charge in [-0.25, -0.2) is 0 Å². The van der Waals surface area contributed by atoms with Gasteiger partial charge < -0.3 is 10.0 Å². The molecule has 0 aliphatic heterocycles. The van der Waals surface area contributed by atoms with Gasteiger partial charge in [0, 0.05) is 19.6 Å². The standard InChI is InChI=1S/C12H20N2O3/c1-13(10-4-5-10)11(15)7-14(8-12(16)17)6-9-2-3-9/h9-10H,2-8H2,1H3,(H,16,17). The van der Waals surface area contributed by atoms with E-state index in [0.29, 0.717) is 12.0 Å². The largest absolute Gasteiger partial charge is 0.480 e. The first-order chi connectivity index (χ1) is 8.06. The van der Waals surface area contributed by atoms with Crippen molar-refractivity contribution in [3.8, 4) is 0 Å². The van der Waals surface area contributed by atoms with Gasteiger partial charge in [0.05, 0.1) is 13.1 Å². The monoisotopic (exact) mass is 240 g/mol. The molecule has 0 aromatic heterocycles. The molecule has 0 radical (unpaired) electrons. The number of amides is 1. The average Bonchev–Trinajstić information content (AvgIpc) is 3.09. The molecule has 2 fully saturated rings. The van der Waals surface area contributed by atoms with Crippen LogP contribution >= 0.6 is 0 Å². The van der Waals surface area contributed by atoms with E-state index in [1.807, 2.05) is 7.05 Å². The van der Waals surface area contributed by atoms with E-state index in [0.717, 1.165) is 19.4 Å². The van der Waals surface area contributed by atoms with Gasteiger partial charge in [-0.2, -0.15) is 0 Å². The second-order valence-corrected chi connectivity index (χ2v) is 5.24. The molecule has 96 valence electrons.